The fourth-order valence-electron chi connectivity index (χ4n) is 3.35. The molecule has 0 spiro atoms. The minimum atomic E-state index is -0.449. The van der Waals surface area contributed by atoms with Crippen molar-refractivity contribution in [1.82, 2.24) is 0 Å². The van der Waals surface area contributed by atoms with Crippen molar-refractivity contribution in [2.75, 3.05) is 0 Å². The van der Waals surface area contributed by atoms with E-state index in [9.17, 15) is 9.18 Å². The molecule has 0 radical (unpaired) electrons. The summed E-state index contributed by atoms with van der Waals surface area (Å²) in [5, 5.41) is 0. The van der Waals surface area contributed by atoms with Gasteiger partial charge in [0.15, 0.2) is 5.78 Å². The number of nitrogens with zero attached hydrogens (tertiary/aromatic N) is 1. The van der Waals surface area contributed by atoms with Crippen LogP contribution < -0.4 is 0 Å². The largest absolute Gasteiger partial charge is 0.294 e. The van der Waals surface area contributed by atoms with Crippen LogP contribution in [0.5, 0.6) is 0 Å². The average molecular weight is 353 g/mol. The maximum atomic E-state index is 13.5. The molecule has 26 heavy (non-hydrogen) atoms. The molecule has 138 valence electrons. The standard InChI is InChI=1S/C23H28FNO/c1-4-8-18(19-11-6-9-17(5-2)15-19)10-7-12-23(26)20-13-14-21(24)22(16-20)25-3/h6,9,11,13-16,18H,3-5,7-8,10,12H2,1-2H3. The number of ketones is 1. The van der Waals surface area contributed by atoms with E-state index in [1.807, 2.05) is 0 Å². The number of aryl methyl sites for hydroxylation is 1. The van der Waals surface area contributed by atoms with Crippen LogP contribution in [0.4, 0.5) is 10.1 Å². The summed E-state index contributed by atoms with van der Waals surface area (Å²) in [7, 11) is 0. The van der Waals surface area contributed by atoms with Crippen LogP contribution >= 0.6 is 0 Å². The molecule has 0 heterocycles. The number of aliphatic imine (C=N–C) groups is 1. The van der Waals surface area contributed by atoms with Crippen molar-refractivity contribution in [3.05, 3.63) is 65.0 Å². The number of benzene rings is 2. The lowest BCUT2D eigenvalue weighted by Gasteiger charge is -2.17. The first-order valence-electron chi connectivity index (χ1n) is 9.47. The molecule has 0 aliphatic rings. The Hall–Kier alpha value is -2.29. The Bertz CT molecular complexity index is 754. The molecule has 0 aromatic heterocycles. The summed E-state index contributed by atoms with van der Waals surface area (Å²) in [4.78, 5) is 16.0. The zero-order valence-electron chi connectivity index (χ0n) is 15.8. The summed E-state index contributed by atoms with van der Waals surface area (Å²) < 4.78 is 13.5. The van der Waals surface area contributed by atoms with E-state index in [0.29, 0.717) is 17.9 Å². The van der Waals surface area contributed by atoms with Crippen molar-refractivity contribution >= 4 is 18.2 Å². The molecule has 3 heteroatoms. The highest BCUT2D eigenvalue weighted by atomic mass is 19.1. The number of carbonyl (C=O) groups excluding carboxylic acids is 1. The Balaban J connectivity index is 1.98. The molecular weight excluding hydrogens is 325 g/mol. The van der Waals surface area contributed by atoms with Crippen molar-refractivity contribution in [3.8, 4) is 0 Å². The van der Waals surface area contributed by atoms with Crippen molar-refractivity contribution in [3.63, 3.8) is 0 Å². The molecule has 0 fully saturated rings. The second kappa shape index (κ2) is 10.0. The van der Waals surface area contributed by atoms with Gasteiger partial charge in [-0.25, -0.2) is 4.39 Å². The first kappa shape index (κ1) is 20.0. The maximum Gasteiger partial charge on any atom is 0.162 e. The van der Waals surface area contributed by atoms with E-state index in [4.69, 9.17) is 0 Å². The number of halogens is 1. The minimum absolute atomic E-state index is 0.0347. The Morgan fingerprint density at radius 2 is 1.96 bits per heavy atom. The maximum absolute atomic E-state index is 13.5. The average Bonchev–Trinajstić information content (AvgIpc) is 2.67. The van der Waals surface area contributed by atoms with Gasteiger partial charge in [0, 0.05) is 12.0 Å². The van der Waals surface area contributed by atoms with Gasteiger partial charge in [0.05, 0.1) is 5.69 Å². The van der Waals surface area contributed by atoms with Crippen LogP contribution in [0.25, 0.3) is 0 Å². The van der Waals surface area contributed by atoms with E-state index >= 15 is 0 Å². The Morgan fingerprint density at radius 3 is 2.65 bits per heavy atom. The molecule has 1 unspecified atom stereocenters. The van der Waals surface area contributed by atoms with Crippen molar-refractivity contribution in [1.29, 1.82) is 0 Å². The lowest BCUT2D eigenvalue weighted by Crippen LogP contribution is -2.03. The normalized spacial score (nSPS) is 12.0. The third kappa shape index (κ3) is 5.35. The molecular formula is C23H28FNO. The fraction of sp³-hybridized carbons (Fsp3) is 0.391. The van der Waals surface area contributed by atoms with Gasteiger partial charge in [0.25, 0.3) is 0 Å². The van der Waals surface area contributed by atoms with Crippen LogP contribution in [0.3, 0.4) is 0 Å². The fourth-order valence-corrected chi connectivity index (χ4v) is 3.35. The molecule has 0 saturated heterocycles. The minimum Gasteiger partial charge on any atom is -0.294 e. The van der Waals surface area contributed by atoms with Crippen molar-refractivity contribution in [2.45, 2.75) is 58.3 Å². The topological polar surface area (TPSA) is 29.4 Å². The third-order valence-corrected chi connectivity index (χ3v) is 4.86. The molecule has 2 nitrogen and oxygen atoms in total. The number of carbonyl (C=O) groups is 1. The zero-order chi connectivity index (χ0) is 18.9. The van der Waals surface area contributed by atoms with Gasteiger partial charge in [0.1, 0.15) is 5.82 Å². The number of Topliss-reactive ketones (excluding diaryl/α,β-unsaturated/α-hetero) is 1. The molecule has 2 rings (SSSR count). The predicted octanol–water partition coefficient (Wildman–Crippen LogP) is 6.66. The summed E-state index contributed by atoms with van der Waals surface area (Å²) in [6.45, 7) is 7.71. The van der Waals surface area contributed by atoms with Gasteiger partial charge < -0.3 is 0 Å². The highest BCUT2D eigenvalue weighted by Gasteiger charge is 2.14. The highest BCUT2D eigenvalue weighted by Crippen LogP contribution is 2.28. The Morgan fingerprint density at radius 1 is 1.15 bits per heavy atom. The Labute approximate surface area is 156 Å². The SMILES string of the molecule is C=Nc1cc(C(=O)CCCC(CCC)c2cccc(CC)c2)ccc1F. The van der Waals surface area contributed by atoms with Gasteiger partial charge >= 0.3 is 0 Å². The van der Waals surface area contributed by atoms with Crippen molar-refractivity contribution in [2.24, 2.45) is 4.99 Å². The monoisotopic (exact) mass is 353 g/mol. The molecule has 0 bridgehead atoms. The van der Waals surface area contributed by atoms with Gasteiger partial charge in [-0.05, 0) is 67.6 Å². The molecule has 0 aliphatic carbocycles. The quantitative estimate of drug-likeness (QED) is 0.347. The third-order valence-electron chi connectivity index (χ3n) is 4.86. The second-order valence-electron chi connectivity index (χ2n) is 6.72. The van der Waals surface area contributed by atoms with Crippen molar-refractivity contribution < 1.29 is 9.18 Å². The molecule has 0 aliphatic heterocycles. The second-order valence-corrected chi connectivity index (χ2v) is 6.72. The molecule has 0 N–H and O–H groups in total. The molecule has 0 amide bonds. The molecule has 0 saturated carbocycles. The molecule has 2 aromatic rings. The van der Waals surface area contributed by atoms with Gasteiger partial charge in [0.2, 0.25) is 0 Å². The van der Waals surface area contributed by atoms with Crippen LogP contribution in [0, 0.1) is 5.82 Å². The Kier molecular flexibility index (Phi) is 7.71. The summed E-state index contributed by atoms with van der Waals surface area (Å²) >= 11 is 0. The molecule has 2 aromatic carbocycles. The van der Waals surface area contributed by atoms with E-state index in [0.717, 1.165) is 32.1 Å². The van der Waals surface area contributed by atoms with Gasteiger partial charge in [-0.2, -0.15) is 0 Å². The highest BCUT2D eigenvalue weighted by molar-refractivity contribution is 5.96. The van der Waals surface area contributed by atoms with E-state index in [1.54, 1.807) is 0 Å². The molecule has 1 atom stereocenters. The number of hydrogen-bond acceptors (Lipinski definition) is 2. The van der Waals surface area contributed by atoms with E-state index in [1.165, 1.54) is 29.3 Å². The number of rotatable bonds is 10. The summed E-state index contributed by atoms with van der Waals surface area (Å²) in [6.07, 6.45) is 5.57. The van der Waals surface area contributed by atoms with E-state index in [2.05, 4.69) is 49.8 Å². The lowest BCUT2D eigenvalue weighted by atomic mass is 9.88. The van der Waals surface area contributed by atoms with Crippen LogP contribution in [-0.2, 0) is 6.42 Å². The van der Waals surface area contributed by atoms with E-state index in [-0.39, 0.29) is 11.5 Å². The van der Waals surface area contributed by atoms with Gasteiger partial charge in [-0.15, -0.1) is 0 Å². The van der Waals surface area contributed by atoms with Crippen LogP contribution in [0.2, 0.25) is 0 Å². The van der Waals surface area contributed by atoms with E-state index < -0.39 is 5.82 Å². The summed E-state index contributed by atoms with van der Waals surface area (Å²) in [5.74, 6) is 0.0701. The number of hydrogen-bond donors (Lipinski definition) is 0. The van der Waals surface area contributed by atoms with Crippen LogP contribution in [-0.4, -0.2) is 12.5 Å². The first-order chi connectivity index (χ1) is 12.6. The smallest absolute Gasteiger partial charge is 0.162 e. The predicted molar refractivity (Wildman–Crippen MR) is 107 cm³/mol. The first-order valence-corrected chi connectivity index (χ1v) is 9.47. The van der Waals surface area contributed by atoms with Crippen LogP contribution in [0.1, 0.15) is 73.4 Å². The van der Waals surface area contributed by atoms with Gasteiger partial charge in [-0.3, -0.25) is 9.79 Å². The zero-order valence-corrected chi connectivity index (χ0v) is 15.8. The summed E-state index contributed by atoms with van der Waals surface area (Å²) in [5.41, 5.74) is 3.37. The van der Waals surface area contributed by atoms with Crippen LogP contribution in [0.15, 0.2) is 47.5 Å². The summed E-state index contributed by atoms with van der Waals surface area (Å²) in [6, 6.07) is 13.1. The lowest BCUT2D eigenvalue weighted by molar-refractivity contribution is 0.0978. The van der Waals surface area contributed by atoms with Gasteiger partial charge in [-0.1, -0.05) is 44.5 Å².